The number of anilines is 1. The highest BCUT2D eigenvalue weighted by atomic mass is 16.5. The maximum Gasteiger partial charge on any atom is 0.133 e. The van der Waals surface area contributed by atoms with Crippen molar-refractivity contribution >= 4 is 5.82 Å². The normalized spacial score (nSPS) is 22.5. The molecule has 1 aliphatic heterocycles. The van der Waals surface area contributed by atoms with Crippen LogP contribution in [0.2, 0.25) is 0 Å². The summed E-state index contributed by atoms with van der Waals surface area (Å²) < 4.78 is 5.52. The van der Waals surface area contributed by atoms with Gasteiger partial charge in [0.15, 0.2) is 0 Å². The van der Waals surface area contributed by atoms with Crippen LogP contribution in [0.5, 0.6) is 0 Å². The van der Waals surface area contributed by atoms with E-state index in [0.717, 1.165) is 37.6 Å². The van der Waals surface area contributed by atoms with Crippen molar-refractivity contribution in [3.63, 3.8) is 0 Å². The van der Waals surface area contributed by atoms with E-state index in [2.05, 4.69) is 22.9 Å². The van der Waals surface area contributed by atoms with Gasteiger partial charge in [0.1, 0.15) is 5.82 Å². The van der Waals surface area contributed by atoms with Crippen molar-refractivity contribution in [2.75, 3.05) is 24.7 Å². The van der Waals surface area contributed by atoms with E-state index in [1.165, 1.54) is 0 Å². The maximum absolute atomic E-state index is 6.01. The lowest BCUT2D eigenvalue weighted by atomic mass is 10.1. The summed E-state index contributed by atoms with van der Waals surface area (Å²) in [6.07, 6.45) is 2.90. The van der Waals surface area contributed by atoms with Gasteiger partial charge in [-0.1, -0.05) is 13.0 Å². The number of hydrogen-bond acceptors (Lipinski definition) is 4. The lowest BCUT2D eigenvalue weighted by Gasteiger charge is -2.37. The summed E-state index contributed by atoms with van der Waals surface area (Å²) in [6.45, 7) is 6.63. The van der Waals surface area contributed by atoms with Gasteiger partial charge in [-0.25, -0.2) is 4.98 Å². The lowest BCUT2D eigenvalue weighted by Crippen LogP contribution is -2.46. The minimum atomic E-state index is 0.0130. The van der Waals surface area contributed by atoms with Crippen LogP contribution in [-0.2, 0) is 4.74 Å². The monoisotopic (exact) mass is 235 g/mol. The van der Waals surface area contributed by atoms with Crippen molar-refractivity contribution in [3.8, 4) is 0 Å². The van der Waals surface area contributed by atoms with Gasteiger partial charge in [0, 0.05) is 24.3 Å². The molecule has 2 heterocycles. The Kier molecular flexibility index (Phi) is 3.97. The van der Waals surface area contributed by atoms with Crippen molar-refractivity contribution < 1.29 is 4.74 Å². The standard InChI is InChI=1S/C13H21N3O/c1-3-11-9-17-8-7-16(11)13-12(10(2)14)5-4-6-15-13/h4-6,10-11H,3,7-9,14H2,1-2H3/t10-,11?/m0/s1. The van der Waals surface area contributed by atoms with Crippen LogP contribution in [0.4, 0.5) is 5.82 Å². The molecule has 17 heavy (non-hydrogen) atoms. The third kappa shape index (κ3) is 2.58. The molecule has 0 spiro atoms. The van der Waals surface area contributed by atoms with E-state index in [9.17, 15) is 0 Å². The van der Waals surface area contributed by atoms with Crippen molar-refractivity contribution in [1.82, 2.24) is 4.98 Å². The molecule has 0 aromatic carbocycles. The molecule has 2 N–H and O–H groups in total. The van der Waals surface area contributed by atoms with Crippen molar-refractivity contribution in [2.45, 2.75) is 32.4 Å². The smallest absolute Gasteiger partial charge is 0.133 e. The number of rotatable bonds is 3. The first-order valence-electron chi connectivity index (χ1n) is 6.29. The summed E-state index contributed by atoms with van der Waals surface area (Å²) in [5, 5.41) is 0. The van der Waals surface area contributed by atoms with E-state index < -0.39 is 0 Å². The van der Waals surface area contributed by atoms with Gasteiger partial charge in [-0.05, 0) is 19.4 Å². The molecule has 4 heteroatoms. The number of nitrogens with two attached hydrogens (primary N) is 1. The highest BCUT2D eigenvalue weighted by Crippen LogP contribution is 2.26. The Labute approximate surface area is 103 Å². The molecule has 2 atom stereocenters. The number of nitrogens with zero attached hydrogens (tertiary/aromatic N) is 2. The number of morpholine rings is 1. The van der Waals surface area contributed by atoms with E-state index in [1.54, 1.807) is 0 Å². The molecule has 94 valence electrons. The number of hydrogen-bond donors (Lipinski definition) is 1. The second-order valence-electron chi connectivity index (χ2n) is 4.54. The summed E-state index contributed by atoms with van der Waals surface area (Å²) in [5.41, 5.74) is 7.13. The Morgan fingerprint density at radius 1 is 1.65 bits per heavy atom. The first-order chi connectivity index (χ1) is 8.24. The maximum atomic E-state index is 6.01. The number of ether oxygens (including phenoxy) is 1. The van der Waals surface area contributed by atoms with Crippen LogP contribution in [0.3, 0.4) is 0 Å². The molecule has 0 bridgehead atoms. The molecule has 0 aliphatic carbocycles. The van der Waals surface area contributed by atoms with Gasteiger partial charge in [-0.2, -0.15) is 0 Å². The lowest BCUT2D eigenvalue weighted by molar-refractivity contribution is 0.0924. The Bertz CT molecular complexity index is 367. The van der Waals surface area contributed by atoms with Gasteiger partial charge >= 0.3 is 0 Å². The van der Waals surface area contributed by atoms with E-state index >= 15 is 0 Å². The van der Waals surface area contributed by atoms with Crippen LogP contribution in [-0.4, -0.2) is 30.8 Å². The predicted octanol–water partition coefficient (Wildman–Crippen LogP) is 1.72. The number of pyridine rings is 1. The van der Waals surface area contributed by atoms with Crippen LogP contribution in [0, 0.1) is 0 Å². The van der Waals surface area contributed by atoms with E-state index in [4.69, 9.17) is 10.5 Å². The van der Waals surface area contributed by atoms with Crippen molar-refractivity contribution in [1.29, 1.82) is 0 Å². The zero-order valence-electron chi connectivity index (χ0n) is 10.6. The third-order valence-electron chi connectivity index (χ3n) is 3.28. The molecular weight excluding hydrogens is 214 g/mol. The van der Waals surface area contributed by atoms with Crippen LogP contribution in [0.15, 0.2) is 18.3 Å². The third-order valence-corrected chi connectivity index (χ3v) is 3.28. The second kappa shape index (κ2) is 5.47. The van der Waals surface area contributed by atoms with E-state index in [-0.39, 0.29) is 6.04 Å². The molecular formula is C13H21N3O. The Morgan fingerprint density at radius 3 is 3.18 bits per heavy atom. The molecule has 4 nitrogen and oxygen atoms in total. The summed E-state index contributed by atoms with van der Waals surface area (Å²) in [7, 11) is 0. The molecule has 2 rings (SSSR count). The predicted molar refractivity (Wildman–Crippen MR) is 69.1 cm³/mol. The summed E-state index contributed by atoms with van der Waals surface area (Å²) in [6, 6.07) is 4.44. The minimum Gasteiger partial charge on any atom is -0.377 e. The topological polar surface area (TPSA) is 51.4 Å². The SMILES string of the molecule is CCC1COCCN1c1ncccc1[C@H](C)N. The van der Waals surface area contributed by atoms with Crippen molar-refractivity contribution in [3.05, 3.63) is 23.9 Å². The Balaban J connectivity index is 2.31. The summed E-state index contributed by atoms with van der Waals surface area (Å²) >= 11 is 0. The fourth-order valence-electron chi connectivity index (χ4n) is 2.28. The molecule has 0 saturated carbocycles. The molecule has 0 radical (unpaired) electrons. The van der Waals surface area contributed by atoms with Crippen LogP contribution < -0.4 is 10.6 Å². The Hall–Kier alpha value is -1.13. The number of aromatic nitrogens is 1. The average Bonchev–Trinajstić information content (AvgIpc) is 2.38. The highest BCUT2D eigenvalue weighted by Gasteiger charge is 2.25. The molecule has 1 aromatic heterocycles. The quantitative estimate of drug-likeness (QED) is 0.866. The summed E-state index contributed by atoms with van der Waals surface area (Å²) in [4.78, 5) is 6.85. The zero-order chi connectivity index (χ0) is 12.3. The fraction of sp³-hybridized carbons (Fsp3) is 0.615. The largest absolute Gasteiger partial charge is 0.377 e. The molecule has 1 unspecified atom stereocenters. The van der Waals surface area contributed by atoms with Crippen molar-refractivity contribution in [2.24, 2.45) is 5.73 Å². The molecule has 1 aromatic rings. The molecule has 1 aliphatic rings. The highest BCUT2D eigenvalue weighted by molar-refractivity contribution is 5.49. The fourth-order valence-corrected chi connectivity index (χ4v) is 2.28. The molecule has 0 amide bonds. The first kappa shape index (κ1) is 12.3. The van der Waals surface area contributed by atoms with Crippen LogP contribution >= 0.6 is 0 Å². The summed E-state index contributed by atoms with van der Waals surface area (Å²) in [5.74, 6) is 1.03. The minimum absolute atomic E-state index is 0.0130. The zero-order valence-corrected chi connectivity index (χ0v) is 10.6. The van der Waals surface area contributed by atoms with Gasteiger partial charge in [-0.15, -0.1) is 0 Å². The molecule has 1 fully saturated rings. The van der Waals surface area contributed by atoms with Gasteiger partial charge in [-0.3, -0.25) is 0 Å². The second-order valence-corrected chi connectivity index (χ2v) is 4.54. The van der Waals surface area contributed by atoms with E-state index in [0.29, 0.717) is 6.04 Å². The van der Waals surface area contributed by atoms with Gasteiger partial charge in [0.2, 0.25) is 0 Å². The average molecular weight is 235 g/mol. The first-order valence-corrected chi connectivity index (χ1v) is 6.29. The van der Waals surface area contributed by atoms with E-state index in [1.807, 2.05) is 19.2 Å². The Morgan fingerprint density at radius 2 is 2.47 bits per heavy atom. The van der Waals surface area contributed by atoms with Crippen LogP contribution in [0.25, 0.3) is 0 Å². The van der Waals surface area contributed by atoms with Gasteiger partial charge < -0.3 is 15.4 Å². The van der Waals surface area contributed by atoms with Gasteiger partial charge in [0.05, 0.1) is 19.3 Å². The van der Waals surface area contributed by atoms with Crippen LogP contribution in [0.1, 0.15) is 31.9 Å². The van der Waals surface area contributed by atoms with Gasteiger partial charge in [0.25, 0.3) is 0 Å². The molecule has 1 saturated heterocycles.